The summed E-state index contributed by atoms with van der Waals surface area (Å²) in [6.45, 7) is 9.92. The van der Waals surface area contributed by atoms with E-state index < -0.39 is 16.4 Å². The largest absolute Gasteiger partial charge is 0.448 e. The minimum atomic E-state index is -1.12. The van der Waals surface area contributed by atoms with Gasteiger partial charge in [0.05, 0.1) is 5.41 Å². The highest BCUT2D eigenvalue weighted by Gasteiger charge is 2.75. The van der Waals surface area contributed by atoms with E-state index in [2.05, 4.69) is 10.3 Å². The molecule has 1 aromatic rings. The highest BCUT2D eigenvalue weighted by atomic mass is 16.6. The van der Waals surface area contributed by atoms with Crippen molar-refractivity contribution in [3.05, 3.63) is 27.9 Å². The van der Waals surface area contributed by atoms with E-state index in [1.54, 1.807) is 6.92 Å². The van der Waals surface area contributed by atoms with Crippen molar-refractivity contribution in [3.63, 3.8) is 0 Å². The number of fused-ring (bicyclic) bond motifs is 2. The van der Waals surface area contributed by atoms with Crippen LogP contribution in [0, 0.1) is 24.7 Å². The second-order valence-electron chi connectivity index (χ2n) is 7.90. The van der Waals surface area contributed by atoms with Gasteiger partial charge in [-0.3, -0.25) is 14.2 Å². The first-order valence-electron chi connectivity index (χ1n) is 8.62. The van der Waals surface area contributed by atoms with Crippen LogP contribution < -0.4 is 11.0 Å². The zero-order valence-electron chi connectivity index (χ0n) is 15.4. The maximum atomic E-state index is 12.9. The third-order valence-electron chi connectivity index (χ3n) is 6.42. The number of carbonyl (C=O) groups is 2. The molecule has 0 spiro atoms. The molecule has 1 aliphatic heterocycles. The predicted molar refractivity (Wildman–Crippen MR) is 90.9 cm³/mol. The molecule has 2 heterocycles. The molecule has 1 saturated carbocycles. The number of nitrogens with one attached hydrogen (secondary N) is 1. The summed E-state index contributed by atoms with van der Waals surface area (Å²) in [7, 11) is 0. The summed E-state index contributed by atoms with van der Waals surface area (Å²) in [4.78, 5) is 41.0. The zero-order valence-corrected chi connectivity index (χ0v) is 15.4. The standard InChI is InChI=1S/C18H25N3O4/c1-11-10-12(2)21(15(24)20-11)9-8-19-13(22)18-7-6-17(5,14(23)25-18)16(18,3)4/h10H,6-9H2,1-5H3,(H,19,22)/t17-,18+/m0/s1. The Labute approximate surface area is 146 Å². The van der Waals surface area contributed by atoms with Gasteiger partial charge in [0.15, 0.2) is 5.60 Å². The van der Waals surface area contributed by atoms with Crippen LogP contribution in [0.25, 0.3) is 0 Å². The Morgan fingerprint density at radius 3 is 2.48 bits per heavy atom. The normalized spacial score (nSPS) is 29.6. The second kappa shape index (κ2) is 5.41. The van der Waals surface area contributed by atoms with Gasteiger partial charge in [-0.15, -0.1) is 0 Å². The van der Waals surface area contributed by atoms with Crippen molar-refractivity contribution in [3.8, 4) is 0 Å². The van der Waals surface area contributed by atoms with E-state index in [1.807, 2.05) is 33.8 Å². The van der Waals surface area contributed by atoms with Gasteiger partial charge in [-0.05, 0) is 39.7 Å². The van der Waals surface area contributed by atoms with Gasteiger partial charge in [-0.1, -0.05) is 13.8 Å². The summed E-state index contributed by atoms with van der Waals surface area (Å²) >= 11 is 0. The minimum absolute atomic E-state index is 0.274. The first kappa shape index (κ1) is 17.6. The topological polar surface area (TPSA) is 90.3 Å². The smallest absolute Gasteiger partial charge is 0.348 e. The Kier molecular flexibility index (Phi) is 3.82. The molecular weight excluding hydrogens is 322 g/mol. The number of hydrogen-bond donors (Lipinski definition) is 1. The molecule has 2 bridgehead atoms. The van der Waals surface area contributed by atoms with Gasteiger partial charge in [0.2, 0.25) is 0 Å². The van der Waals surface area contributed by atoms with Crippen molar-refractivity contribution in [1.29, 1.82) is 0 Å². The van der Waals surface area contributed by atoms with E-state index in [9.17, 15) is 14.4 Å². The Hall–Kier alpha value is -2.18. The molecule has 2 aliphatic rings. The molecule has 0 aromatic carbocycles. The summed E-state index contributed by atoms with van der Waals surface area (Å²) in [6, 6.07) is 1.83. The number of amides is 1. The maximum Gasteiger partial charge on any atom is 0.348 e. The first-order valence-corrected chi connectivity index (χ1v) is 8.62. The minimum Gasteiger partial charge on any atom is -0.448 e. The van der Waals surface area contributed by atoms with Crippen LogP contribution in [0.1, 0.15) is 45.0 Å². The average molecular weight is 347 g/mol. The lowest BCUT2D eigenvalue weighted by Gasteiger charge is -2.35. The fraction of sp³-hybridized carbons (Fsp3) is 0.667. The Balaban J connectivity index is 1.72. The fourth-order valence-electron chi connectivity index (χ4n) is 4.22. The molecular formula is C18H25N3O4. The molecule has 1 saturated heterocycles. The number of aromatic nitrogens is 2. The van der Waals surface area contributed by atoms with Crippen LogP contribution in [0.2, 0.25) is 0 Å². The van der Waals surface area contributed by atoms with Crippen LogP contribution in [-0.4, -0.2) is 33.6 Å². The predicted octanol–water partition coefficient (Wildman–Crippen LogP) is 1.10. The van der Waals surface area contributed by atoms with Gasteiger partial charge < -0.3 is 10.1 Å². The summed E-state index contributed by atoms with van der Waals surface area (Å²) in [5, 5.41) is 2.85. The van der Waals surface area contributed by atoms with Crippen LogP contribution in [0.15, 0.2) is 10.9 Å². The Bertz CT molecular complexity index is 813. The number of aryl methyl sites for hydroxylation is 2. The first-order chi connectivity index (χ1) is 11.5. The summed E-state index contributed by atoms with van der Waals surface area (Å²) in [6.07, 6.45) is 1.17. The molecule has 0 unspecified atom stereocenters. The van der Waals surface area contributed by atoms with Gasteiger partial charge in [-0.25, -0.2) is 4.79 Å². The van der Waals surface area contributed by atoms with E-state index in [0.717, 1.165) is 5.69 Å². The molecule has 7 nitrogen and oxygen atoms in total. The quantitative estimate of drug-likeness (QED) is 0.824. The zero-order chi connectivity index (χ0) is 18.6. The van der Waals surface area contributed by atoms with Crippen molar-refractivity contribution in [2.75, 3.05) is 6.54 Å². The SMILES string of the molecule is Cc1cc(C)n(CCNC(=O)[C@@]23CC[C@@](C)(C(=O)O2)C3(C)C)c(=O)n1. The van der Waals surface area contributed by atoms with Crippen LogP contribution in [0.5, 0.6) is 0 Å². The molecule has 1 amide bonds. The molecule has 1 aliphatic carbocycles. The Morgan fingerprint density at radius 1 is 1.28 bits per heavy atom. The molecule has 0 radical (unpaired) electrons. The van der Waals surface area contributed by atoms with Crippen LogP contribution in [-0.2, 0) is 20.9 Å². The molecule has 7 heteroatoms. The van der Waals surface area contributed by atoms with E-state index in [4.69, 9.17) is 4.74 Å². The van der Waals surface area contributed by atoms with Crippen LogP contribution in [0.3, 0.4) is 0 Å². The molecule has 2 fully saturated rings. The van der Waals surface area contributed by atoms with Crippen LogP contribution in [0.4, 0.5) is 0 Å². The molecule has 25 heavy (non-hydrogen) atoms. The lowest BCUT2D eigenvalue weighted by atomic mass is 9.66. The highest BCUT2D eigenvalue weighted by molar-refractivity contribution is 5.96. The number of ether oxygens (including phenoxy) is 1. The number of carbonyl (C=O) groups excluding carboxylic acids is 2. The monoisotopic (exact) mass is 347 g/mol. The Morgan fingerprint density at radius 2 is 1.96 bits per heavy atom. The van der Waals surface area contributed by atoms with Gasteiger partial charge in [0, 0.05) is 29.9 Å². The van der Waals surface area contributed by atoms with Crippen molar-refractivity contribution in [1.82, 2.24) is 14.9 Å². The van der Waals surface area contributed by atoms with E-state index >= 15 is 0 Å². The molecule has 2 atom stereocenters. The number of rotatable bonds is 4. The third-order valence-corrected chi connectivity index (χ3v) is 6.42. The van der Waals surface area contributed by atoms with Gasteiger partial charge in [0.1, 0.15) is 0 Å². The van der Waals surface area contributed by atoms with Gasteiger partial charge in [0.25, 0.3) is 5.91 Å². The maximum absolute atomic E-state index is 12.9. The van der Waals surface area contributed by atoms with Crippen molar-refractivity contribution >= 4 is 11.9 Å². The van der Waals surface area contributed by atoms with Crippen molar-refractivity contribution in [2.24, 2.45) is 10.8 Å². The lowest BCUT2D eigenvalue weighted by Crippen LogP contribution is -2.54. The average Bonchev–Trinajstić information content (AvgIpc) is 2.80. The highest BCUT2D eigenvalue weighted by Crippen LogP contribution is 2.65. The molecule has 136 valence electrons. The molecule has 1 aromatic heterocycles. The number of esters is 1. The second-order valence-corrected chi connectivity index (χ2v) is 7.90. The van der Waals surface area contributed by atoms with E-state index in [1.165, 1.54) is 4.57 Å². The number of nitrogens with zero attached hydrogens (tertiary/aromatic N) is 2. The lowest BCUT2D eigenvalue weighted by molar-refractivity contribution is -0.168. The molecule has 1 N–H and O–H groups in total. The van der Waals surface area contributed by atoms with Crippen LogP contribution >= 0.6 is 0 Å². The van der Waals surface area contributed by atoms with Crippen molar-refractivity contribution < 1.29 is 14.3 Å². The molecule has 3 rings (SSSR count). The van der Waals surface area contributed by atoms with Gasteiger partial charge >= 0.3 is 11.7 Å². The van der Waals surface area contributed by atoms with E-state index in [-0.39, 0.29) is 24.1 Å². The summed E-state index contributed by atoms with van der Waals surface area (Å²) in [5.74, 6) is -0.577. The van der Waals surface area contributed by atoms with Gasteiger partial charge in [-0.2, -0.15) is 4.98 Å². The fourth-order valence-corrected chi connectivity index (χ4v) is 4.22. The van der Waals surface area contributed by atoms with E-state index in [0.29, 0.717) is 25.1 Å². The third kappa shape index (κ3) is 2.24. The van der Waals surface area contributed by atoms with Crippen molar-refractivity contribution in [2.45, 2.75) is 59.6 Å². The summed E-state index contributed by atoms with van der Waals surface area (Å²) < 4.78 is 7.09. The number of hydrogen-bond acceptors (Lipinski definition) is 5. The summed E-state index contributed by atoms with van der Waals surface area (Å²) in [5.41, 5.74) is -1.17.